The molecule has 0 unspecified atom stereocenters. The van der Waals surface area contributed by atoms with E-state index in [9.17, 15) is 4.79 Å². The number of ether oxygens (including phenoxy) is 1. The number of hydrogen-bond acceptors (Lipinski definition) is 3. The van der Waals surface area contributed by atoms with Gasteiger partial charge >= 0.3 is 0 Å². The van der Waals surface area contributed by atoms with E-state index in [1.807, 2.05) is 31.2 Å². The first-order chi connectivity index (χ1) is 13.1. The Labute approximate surface area is 162 Å². The second kappa shape index (κ2) is 9.16. The van der Waals surface area contributed by atoms with E-state index in [1.165, 1.54) is 11.1 Å². The Morgan fingerprint density at radius 1 is 1.04 bits per heavy atom. The summed E-state index contributed by atoms with van der Waals surface area (Å²) < 4.78 is 5.52. The van der Waals surface area contributed by atoms with Crippen LogP contribution in [0.5, 0.6) is 0 Å². The average molecular weight is 367 g/mol. The van der Waals surface area contributed by atoms with Crippen LogP contribution in [-0.2, 0) is 4.74 Å². The molecule has 1 saturated heterocycles. The first kappa shape index (κ1) is 19.6. The third kappa shape index (κ3) is 4.96. The first-order valence-electron chi connectivity index (χ1n) is 9.81. The van der Waals surface area contributed by atoms with E-state index in [0.29, 0.717) is 12.5 Å². The normalized spacial score (nSPS) is 16.3. The predicted molar refractivity (Wildman–Crippen MR) is 109 cm³/mol. The molecule has 144 valence electrons. The summed E-state index contributed by atoms with van der Waals surface area (Å²) in [6.45, 7) is 10.2. The number of carbonyl (C=O) groups is 1. The molecule has 0 radical (unpaired) electrons. The number of nitrogens with zero attached hydrogens (tertiary/aromatic N) is 1. The Kier molecular flexibility index (Phi) is 6.64. The number of rotatable bonds is 6. The molecule has 3 rings (SSSR count). The van der Waals surface area contributed by atoms with Crippen molar-refractivity contribution >= 4 is 5.91 Å². The lowest BCUT2D eigenvalue weighted by Crippen LogP contribution is -2.43. The standard InChI is InChI=1S/C23H30N2O2/c1-17(2)19-8-10-20(11-9-19)22(25-12-14-27-15-13-25)16-24-23(26)21-7-5-4-6-18(21)3/h4-11,17,22H,12-16H2,1-3H3,(H,24,26)/t22-/m1/s1. The van der Waals surface area contributed by atoms with E-state index in [2.05, 4.69) is 48.3 Å². The zero-order valence-electron chi connectivity index (χ0n) is 16.6. The molecule has 0 bridgehead atoms. The summed E-state index contributed by atoms with van der Waals surface area (Å²) >= 11 is 0. The van der Waals surface area contributed by atoms with Gasteiger partial charge in [0.1, 0.15) is 0 Å². The van der Waals surface area contributed by atoms with Gasteiger partial charge in [0.25, 0.3) is 5.91 Å². The highest BCUT2D eigenvalue weighted by molar-refractivity contribution is 5.95. The second-order valence-electron chi connectivity index (χ2n) is 7.51. The fourth-order valence-electron chi connectivity index (χ4n) is 3.56. The smallest absolute Gasteiger partial charge is 0.251 e. The molecule has 4 heteroatoms. The van der Waals surface area contributed by atoms with Crippen LogP contribution in [-0.4, -0.2) is 43.7 Å². The van der Waals surface area contributed by atoms with Crippen molar-refractivity contribution in [2.24, 2.45) is 0 Å². The van der Waals surface area contributed by atoms with Gasteiger partial charge in [0, 0.05) is 25.2 Å². The maximum Gasteiger partial charge on any atom is 0.251 e. The first-order valence-corrected chi connectivity index (χ1v) is 9.81. The largest absolute Gasteiger partial charge is 0.379 e. The van der Waals surface area contributed by atoms with E-state index in [1.54, 1.807) is 0 Å². The quantitative estimate of drug-likeness (QED) is 0.842. The fourth-order valence-corrected chi connectivity index (χ4v) is 3.56. The number of benzene rings is 2. The number of amides is 1. The van der Waals surface area contributed by atoms with Crippen molar-refractivity contribution in [1.82, 2.24) is 10.2 Å². The summed E-state index contributed by atoms with van der Waals surface area (Å²) in [6, 6.07) is 16.7. The summed E-state index contributed by atoms with van der Waals surface area (Å²) in [5, 5.41) is 3.15. The van der Waals surface area contributed by atoms with Crippen LogP contribution in [0.25, 0.3) is 0 Å². The molecule has 1 aliphatic rings. The van der Waals surface area contributed by atoms with Crippen LogP contribution >= 0.6 is 0 Å². The Morgan fingerprint density at radius 2 is 1.67 bits per heavy atom. The number of hydrogen-bond donors (Lipinski definition) is 1. The zero-order chi connectivity index (χ0) is 19.2. The Balaban J connectivity index is 1.75. The minimum absolute atomic E-state index is 0.00911. The lowest BCUT2D eigenvalue weighted by atomic mass is 9.98. The Hall–Kier alpha value is -2.17. The van der Waals surface area contributed by atoms with Gasteiger partial charge in [-0.1, -0.05) is 56.3 Å². The molecule has 2 aromatic carbocycles. The van der Waals surface area contributed by atoms with E-state index >= 15 is 0 Å². The molecule has 0 aromatic heterocycles. The molecule has 2 aromatic rings. The van der Waals surface area contributed by atoms with Crippen LogP contribution in [0.4, 0.5) is 0 Å². The monoisotopic (exact) mass is 366 g/mol. The van der Waals surface area contributed by atoms with Crippen LogP contribution in [0.15, 0.2) is 48.5 Å². The van der Waals surface area contributed by atoms with Crippen molar-refractivity contribution in [2.45, 2.75) is 32.7 Å². The molecule has 1 N–H and O–H groups in total. The lowest BCUT2D eigenvalue weighted by Gasteiger charge is -2.35. The predicted octanol–water partition coefficient (Wildman–Crippen LogP) is 3.92. The molecule has 1 fully saturated rings. The number of aryl methyl sites for hydroxylation is 1. The number of nitrogens with one attached hydrogen (secondary N) is 1. The van der Waals surface area contributed by atoms with Crippen molar-refractivity contribution in [1.29, 1.82) is 0 Å². The maximum atomic E-state index is 12.7. The summed E-state index contributed by atoms with van der Waals surface area (Å²) in [5.74, 6) is 0.506. The average Bonchev–Trinajstić information content (AvgIpc) is 2.69. The van der Waals surface area contributed by atoms with E-state index in [-0.39, 0.29) is 11.9 Å². The van der Waals surface area contributed by atoms with E-state index in [0.717, 1.165) is 37.4 Å². The van der Waals surface area contributed by atoms with Crippen LogP contribution in [0.3, 0.4) is 0 Å². The third-order valence-corrected chi connectivity index (χ3v) is 5.32. The van der Waals surface area contributed by atoms with Gasteiger partial charge in [-0.2, -0.15) is 0 Å². The van der Waals surface area contributed by atoms with Gasteiger partial charge < -0.3 is 10.1 Å². The Bertz CT molecular complexity index is 749. The molecule has 27 heavy (non-hydrogen) atoms. The van der Waals surface area contributed by atoms with Crippen molar-refractivity contribution in [2.75, 3.05) is 32.8 Å². The molecule has 1 atom stereocenters. The molecule has 4 nitrogen and oxygen atoms in total. The molecule has 0 aliphatic carbocycles. The highest BCUT2D eigenvalue weighted by atomic mass is 16.5. The van der Waals surface area contributed by atoms with Gasteiger partial charge in [-0.25, -0.2) is 0 Å². The van der Waals surface area contributed by atoms with E-state index in [4.69, 9.17) is 4.74 Å². The third-order valence-electron chi connectivity index (χ3n) is 5.32. The van der Waals surface area contributed by atoms with Crippen molar-refractivity contribution in [3.8, 4) is 0 Å². The molecular formula is C23H30N2O2. The van der Waals surface area contributed by atoms with Gasteiger partial charge in [0.2, 0.25) is 0 Å². The van der Waals surface area contributed by atoms with Crippen molar-refractivity contribution in [3.63, 3.8) is 0 Å². The van der Waals surface area contributed by atoms with Crippen molar-refractivity contribution in [3.05, 3.63) is 70.8 Å². The lowest BCUT2D eigenvalue weighted by molar-refractivity contribution is 0.0162. The number of carbonyl (C=O) groups excluding carboxylic acids is 1. The SMILES string of the molecule is Cc1ccccc1C(=O)NC[C@H](c1ccc(C(C)C)cc1)N1CCOCC1. The summed E-state index contributed by atoms with van der Waals surface area (Å²) in [7, 11) is 0. The van der Waals surface area contributed by atoms with Gasteiger partial charge in [0.15, 0.2) is 0 Å². The van der Waals surface area contributed by atoms with Gasteiger partial charge in [-0.15, -0.1) is 0 Å². The summed E-state index contributed by atoms with van der Waals surface area (Å²) in [6.07, 6.45) is 0. The fraction of sp³-hybridized carbons (Fsp3) is 0.435. The highest BCUT2D eigenvalue weighted by Crippen LogP contribution is 2.24. The van der Waals surface area contributed by atoms with Crippen LogP contribution in [0.1, 0.15) is 52.9 Å². The molecule has 0 saturated carbocycles. The van der Waals surface area contributed by atoms with Crippen LogP contribution in [0, 0.1) is 6.92 Å². The molecule has 1 aliphatic heterocycles. The zero-order valence-corrected chi connectivity index (χ0v) is 16.6. The highest BCUT2D eigenvalue weighted by Gasteiger charge is 2.23. The molecule has 1 amide bonds. The Morgan fingerprint density at radius 3 is 2.30 bits per heavy atom. The van der Waals surface area contributed by atoms with Gasteiger partial charge in [-0.3, -0.25) is 9.69 Å². The van der Waals surface area contributed by atoms with Crippen LogP contribution in [0.2, 0.25) is 0 Å². The maximum absolute atomic E-state index is 12.7. The molecular weight excluding hydrogens is 336 g/mol. The summed E-state index contributed by atoms with van der Waals surface area (Å²) in [5.41, 5.74) is 4.32. The topological polar surface area (TPSA) is 41.6 Å². The van der Waals surface area contributed by atoms with Gasteiger partial charge in [-0.05, 0) is 35.6 Å². The van der Waals surface area contributed by atoms with Crippen molar-refractivity contribution < 1.29 is 9.53 Å². The van der Waals surface area contributed by atoms with E-state index < -0.39 is 0 Å². The summed E-state index contributed by atoms with van der Waals surface area (Å²) in [4.78, 5) is 15.1. The molecule has 1 heterocycles. The minimum atomic E-state index is -0.00911. The minimum Gasteiger partial charge on any atom is -0.379 e. The van der Waals surface area contributed by atoms with Crippen LogP contribution < -0.4 is 5.32 Å². The second-order valence-corrected chi connectivity index (χ2v) is 7.51. The van der Waals surface area contributed by atoms with Gasteiger partial charge in [0.05, 0.1) is 19.3 Å². The number of morpholine rings is 1. The molecule has 0 spiro atoms.